The molecule has 198 valence electrons. The number of ether oxygens (including phenoxy) is 3. The summed E-state index contributed by atoms with van der Waals surface area (Å²) in [5.41, 5.74) is 1.84. The van der Waals surface area contributed by atoms with Crippen LogP contribution in [0, 0.1) is 0 Å². The quantitative estimate of drug-likeness (QED) is 0.248. The monoisotopic (exact) mass is 543 g/mol. The van der Waals surface area contributed by atoms with Gasteiger partial charge in [0.2, 0.25) is 0 Å². The van der Waals surface area contributed by atoms with E-state index in [1.54, 1.807) is 23.5 Å². The van der Waals surface area contributed by atoms with Crippen molar-refractivity contribution in [3.8, 4) is 17.2 Å². The lowest BCUT2D eigenvalue weighted by molar-refractivity contribution is -0.122. The van der Waals surface area contributed by atoms with Crippen molar-refractivity contribution < 1.29 is 28.9 Å². The first-order valence-corrected chi connectivity index (χ1v) is 13.0. The molecule has 0 aliphatic carbocycles. The maximum absolute atomic E-state index is 12.1. The molecular formula is C28H34NO6PS. The summed E-state index contributed by atoms with van der Waals surface area (Å²) >= 11 is 1.67. The lowest BCUT2D eigenvalue weighted by atomic mass is 10.1. The Hall–Kier alpha value is -3.35. The molecule has 37 heavy (non-hydrogen) atoms. The molecule has 0 radical (unpaired) electrons. The summed E-state index contributed by atoms with van der Waals surface area (Å²) in [7, 11) is 2.64. The normalized spacial score (nSPS) is 11.3. The third-order valence-corrected chi connectivity index (χ3v) is 5.42. The van der Waals surface area contributed by atoms with Crippen LogP contribution in [-0.4, -0.2) is 28.9 Å². The second-order valence-electron chi connectivity index (χ2n) is 9.90. The van der Waals surface area contributed by atoms with E-state index in [0.29, 0.717) is 22.9 Å². The first kappa shape index (κ1) is 29.9. The van der Waals surface area contributed by atoms with Gasteiger partial charge in [-0.25, -0.2) is 4.79 Å². The number of nitrogens with one attached hydrogen (secondary N) is 1. The van der Waals surface area contributed by atoms with E-state index in [-0.39, 0.29) is 6.47 Å². The van der Waals surface area contributed by atoms with Crippen molar-refractivity contribution in [2.75, 3.05) is 5.32 Å². The number of hydrogen-bond acceptors (Lipinski definition) is 6. The highest BCUT2D eigenvalue weighted by molar-refractivity contribution is 7.27. The van der Waals surface area contributed by atoms with Gasteiger partial charge in [-0.05, 0) is 99.8 Å². The van der Waals surface area contributed by atoms with Gasteiger partial charge in [0.05, 0.1) is 0 Å². The molecule has 0 bridgehead atoms. The van der Waals surface area contributed by atoms with E-state index in [0.717, 1.165) is 16.4 Å². The third kappa shape index (κ3) is 11.1. The Labute approximate surface area is 224 Å². The van der Waals surface area contributed by atoms with Crippen molar-refractivity contribution in [2.45, 2.75) is 52.7 Å². The summed E-state index contributed by atoms with van der Waals surface area (Å²) in [6.45, 7) is 11.2. The standard InChI is InChI=1S/C27H32NO4PS.CH2O2/c1-26(2,3)31-23-15-18(7-8-19-13-14-34-17-19)9-11-21(23)30-22-12-10-20(16-24(22)33)28-25(29)32-27(4,5)6;2-1-3/h7-17H,33H2,1-6H3,(H,28,29);1H,(H,2,3)/b8-7+;. The molecule has 0 saturated carbocycles. The van der Waals surface area contributed by atoms with Crippen LogP contribution >= 0.6 is 20.6 Å². The largest absolute Gasteiger partial charge is 0.484 e. The molecule has 0 fully saturated rings. The zero-order valence-electron chi connectivity index (χ0n) is 21.9. The zero-order chi connectivity index (χ0) is 27.6. The fourth-order valence-electron chi connectivity index (χ4n) is 2.94. The maximum Gasteiger partial charge on any atom is 0.412 e. The van der Waals surface area contributed by atoms with Gasteiger partial charge in [0.1, 0.15) is 17.0 Å². The van der Waals surface area contributed by atoms with Crippen LogP contribution in [0.4, 0.5) is 10.5 Å². The van der Waals surface area contributed by atoms with E-state index in [9.17, 15) is 4.79 Å². The minimum Gasteiger partial charge on any atom is -0.484 e. The maximum atomic E-state index is 12.1. The molecule has 1 heterocycles. The number of rotatable bonds is 6. The van der Waals surface area contributed by atoms with Crippen LogP contribution in [0.25, 0.3) is 12.2 Å². The predicted octanol–water partition coefficient (Wildman–Crippen LogP) is 7.44. The SMILES string of the molecule is CC(C)(C)OC(=O)Nc1ccc(Oc2ccc(/C=C/c3ccsc3)cc2OC(C)(C)C)c(P)c1.O=CO. The molecule has 2 N–H and O–H groups in total. The molecular weight excluding hydrogens is 509 g/mol. The highest BCUT2D eigenvalue weighted by Crippen LogP contribution is 2.35. The van der Waals surface area contributed by atoms with E-state index in [1.807, 2.05) is 65.8 Å². The van der Waals surface area contributed by atoms with Gasteiger partial charge in [-0.3, -0.25) is 10.1 Å². The Morgan fingerprint density at radius 1 is 0.919 bits per heavy atom. The molecule has 1 unspecified atom stereocenters. The number of carboxylic acid groups (broad SMARTS) is 1. The fraction of sp³-hybridized carbons (Fsp3) is 0.286. The number of hydrogen-bond donors (Lipinski definition) is 2. The predicted molar refractivity (Wildman–Crippen MR) is 154 cm³/mol. The Morgan fingerprint density at radius 3 is 2.14 bits per heavy atom. The number of thiophene rings is 1. The Balaban J connectivity index is 0.00000153. The van der Waals surface area contributed by atoms with Crippen molar-refractivity contribution in [2.24, 2.45) is 0 Å². The third-order valence-electron chi connectivity index (χ3n) is 4.27. The van der Waals surface area contributed by atoms with Gasteiger partial charge in [-0.15, -0.1) is 9.24 Å². The molecule has 3 rings (SSSR count). The Morgan fingerprint density at radius 2 is 1.57 bits per heavy atom. The van der Waals surface area contributed by atoms with Crippen molar-refractivity contribution in [1.82, 2.24) is 0 Å². The van der Waals surface area contributed by atoms with Gasteiger partial charge < -0.3 is 19.3 Å². The van der Waals surface area contributed by atoms with E-state index in [1.165, 1.54) is 0 Å². The number of anilines is 1. The Bertz CT molecular complexity index is 1210. The average Bonchev–Trinajstić information content (AvgIpc) is 3.27. The van der Waals surface area contributed by atoms with Gasteiger partial charge in [-0.2, -0.15) is 11.3 Å². The van der Waals surface area contributed by atoms with E-state index < -0.39 is 17.3 Å². The van der Waals surface area contributed by atoms with Crippen LogP contribution in [0.2, 0.25) is 0 Å². The molecule has 7 nitrogen and oxygen atoms in total. The summed E-state index contributed by atoms with van der Waals surface area (Å²) in [6, 6.07) is 13.3. The summed E-state index contributed by atoms with van der Waals surface area (Å²) in [6.07, 6.45) is 3.63. The van der Waals surface area contributed by atoms with Crippen LogP contribution in [0.1, 0.15) is 52.7 Å². The van der Waals surface area contributed by atoms with E-state index in [2.05, 4.69) is 43.5 Å². The summed E-state index contributed by atoms with van der Waals surface area (Å²) in [5.74, 6) is 1.90. The topological polar surface area (TPSA) is 94.1 Å². The second kappa shape index (κ2) is 13.3. The average molecular weight is 544 g/mol. The van der Waals surface area contributed by atoms with Gasteiger partial charge in [0, 0.05) is 11.0 Å². The number of carbonyl (C=O) groups excluding carboxylic acids is 1. The van der Waals surface area contributed by atoms with Gasteiger partial charge in [-0.1, -0.05) is 18.2 Å². The lowest BCUT2D eigenvalue weighted by Gasteiger charge is -2.24. The van der Waals surface area contributed by atoms with Crippen LogP contribution in [0.15, 0.2) is 53.2 Å². The molecule has 1 atom stereocenters. The van der Waals surface area contributed by atoms with Crippen molar-refractivity contribution in [3.63, 3.8) is 0 Å². The smallest absolute Gasteiger partial charge is 0.412 e. The first-order chi connectivity index (χ1) is 17.3. The van der Waals surface area contributed by atoms with Gasteiger partial charge >= 0.3 is 6.09 Å². The van der Waals surface area contributed by atoms with Crippen LogP contribution in [0.3, 0.4) is 0 Å². The second-order valence-corrected chi connectivity index (χ2v) is 11.3. The van der Waals surface area contributed by atoms with Gasteiger partial charge in [0.15, 0.2) is 11.5 Å². The van der Waals surface area contributed by atoms with E-state index in [4.69, 9.17) is 24.1 Å². The summed E-state index contributed by atoms with van der Waals surface area (Å²) in [4.78, 5) is 20.4. The summed E-state index contributed by atoms with van der Waals surface area (Å²) < 4.78 is 17.7. The number of amides is 1. The van der Waals surface area contributed by atoms with Crippen molar-refractivity contribution in [1.29, 1.82) is 0 Å². The highest BCUT2D eigenvalue weighted by Gasteiger charge is 2.18. The molecule has 0 aliphatic rings. The lowest BCUT2D eigenvalue weighted by Crippen LogP contribution is -2.27. The van der Waals surface area contributed by atoms with Crippen molar-refractivity contribution in [3.05, 3.63) is 64.4 Å². The molecule has 0 spiro atoms. The fourth-order valence-corrected chi connectivity index (χ4v) is 3.91. The zero-order valence-corrected chi connectivity index (χ0v) is 23.9. The molecule has 0 saturated heterocycles. The Kier molecular flexibility index (Phi) is 10.7. The van der Waals surface area contributed by atoms with Gasteiger partial charge in [0.25, 0.3) is 6.47 Å². The number of benzene rings is 2. The number of carbonyl (C=O) groups is 2. The minimum absolute atomic E-state index is 0.250. The van der Waals surface area contributed by atoms with Crippen molar-refractivity contribution >= 4 is 56.3 Å². The minimum atomic E-state index is -0.564. The molecule has 9 heteroatoms. The van der Waals surface area contributed by atoms with Crippen LogP contribution in [0.5, 0.6) is 17.2 Å². The molecule has 1 amide bonds. The molecule has 3 aromatic rings. The highest BCUT2D eigenvalue weighted by atomic mass is 32.1. The molecule has 1 aromatic heterocycles. The van der Waals surface area contributed by atoms with Crippen LogP contribution in [-0.2, 0) is 9.53 Å². The summed E-state index contributed by atoms with van der Waals surface area (Å²) in [5, 5.41) is 14.6. The van der Waals surface area contributed by atoms with E-state index >= 15 is 0 Å². The van der Waals surface area contributed by atoms with Crippen LogP contribution < -0.4 is 20.1 Å². The molecule has 0 aliphatic heterocycles. The molecule has 2 aromatic carbocycles. The first-order valence-electron chi connectivity index (χ1n) is 11.5.